The minimum absolute atomic E-state index is 1.21. The minimum atomic E-state index is 1.21. The third-order valence-corrected chi connectivity index (χ3v) is 1.60. The van der Waals surface area contributed by atoms with Crippen molar-refractivity contribution in [2.24, 2.45) is 0 Å². The van der Waals surface area contributed by atoms with Crippen LogP contribution < -0.4 is 0 Å². The van der Waals surface area contributed by atoms with Gasteiger partial charge in [0.1, 0.15) is 0 Å². The molecule has 0 aromatic rings. The van der Waals surface area contributed by atoms with E-state index in [1.54, 1.807) is 0 Å². The van der Waals surface area contributed by atoms with E-state index in [9.17, 15) is 0 Å². The van der Waals surface area contributed by atoms with Crippen molar-refractivity contribution in [2.45, 2.75) is 39.5 Å². The molecule has 0 heteroatoms. The number of hydrogen-bond donors (Lipinski definition) is 0. The number of hydrogen-bond acceptors (Lipinski definition) is 0. The Bertz CT molecular complexity index is 109. The van der Waals surface area contributed by atoms with Gasteiger partial charge in [-0.25, -0.2) is 0 Å². The molecule has 0 atom stereocenters. The second-order valence-corrected chi connectivity index (χ2v) is 2.65. The Morgan fingerprint density at radius 3 is 2.60 bits per heavy atom. The lowest BCUT2D eigenvalue weighted by Crippen LogP contribution is -1.72. The fraction of sp³-hybridized carbons (Fsp3) is 0.600. The van der Waals surface area contributed by atoms with Gasteiger partial charge in [-0.15, -0.1) is 0 Å². The maximum atomic E-state index is 3.69. The number of rotatable bonds is 5. The monoisotopic (exact) mass is 138 g/mol. The highest BCUT2D eigenvalue weighted by Crippen LogP contribution is 2.03. The maximum absolute atomic E-state index is 3.69. The summed E-state index contributed by atoms with van der Waals surface area (Å²) in [5, 5.41) is 0. The zero-order valence-corrected chi connectivity index (χ0v) is 7.19. The molecule has 58 valence electrons. The molecule has 0 amide bonds. The van der Waals surface area contributed by atoms with E-state index in [-0.39, 0.29) is 0 Å². The molecule has 0 nitrogen and oxygen atoms in total. The fourth-order valence-corrected chi connectivity index (χ4v) is 0.807. The third kappa shape index (κ3) is 5.61. The molecule has 0 saturated heterocycles. The molecular formula is C10H18. The second-order valence-electron chi connectivity index (χ2n) is 2.65. The van der Waals surface area contributed by atoms with Gasteiger partial charge in [-0.05, 0) is 19.8 Å². The van der Waals surface area contributed by atoms with E-state index in [4.69, 9.17) is 0 Å². The van der Waals surface area contributed by atoms with Crippen molar-refractivity contribution >= 4 is 0 Å². The molecule has 0 aliphatic carbocycles. The summed E-state index contributed by atoms with van der Waals surface area (Å²) in [6.45, 7) is 8.01. The van der Waals surface area contributed by atoms with Crippen LogP contribution in [-0.4, -0.2) is 0 Å². The van der Waals surface area contributed by atoms with Crippen LogP contribution in [0.25, 0.3) is 0 Å². The zero-order valence-electron chi connectivity index (χ0n) is 7.19. The Balaban J connectivity index is 3.24. The molecule has 0 spiro atoms. The highest BCUT2D eigenvalue weighted by atomic mass is 13.9. The lowest BCUT2D eigenvalue weighted by molar-refractivity contribution is 0.728. The van der Waals surface area contributed by atoms with Crippen LogP contribution in [0.4, 0.5) is 0 Å². The van der Waals surface area contributed by atoms with Crippen molar-refractivity contribution in [2.75, 3.05) is 0 Å². The molecule has 0 unspecified atom stereocenters. The van der Waals surface area contributed by atoms with E-state index < -0.39 is 0 Å². The van der Waals surface area contributed by atoms with Gasteiger partial charge in [0.05, 0.1) is 0 Å². The molecular weight excluding hydrogens is 120 g/mol. The largest absolute Gasteiger partial charge is 0.0988 e. The van der Waals surface area contributed by atoms with Crippen LogP contribution in [0.3, 0.4) is 0 Å². The van der Waals surface area contributed by atoms with Crippen molar-refractivity contribution in [1.29, 1.82) is 0 Å². The fourth-order valence-electron chi connectivity index (χ4n) is 0.807. The van der Waals surface area contributed by atoms with Gasteiger partial charge in [-0.1, -0.05) is 44.1 Å². The molecule has 0 aliphatic rings. The number of unbranched alkanes of at least 4 members (excludes halogenated alkanes) is 3. The average molecular weight is 138 g/mol. The molecule has 0 fully saturated rings. The van der Waals surface area contributed by atoms with Crippen molar-refractivity contribution in [3.8, 4) is 0 Å². The van der Waals surface area contributed by atoms with Gasteiger partial charge < -0.3 is 0 Å². The van der Waals surface area contributed by atoms with E-state index in [1.165, 1.54) is 31.3 Å². The predicted octanol–water partition coefficient (Wildman–Crippen LogP) is 3.70. The van der Waals surface area contributed by atoms with Crippen LogP contribution in [0.1, 0.15) is 39.5 Å². The molecule has 10 heavy (non-hydrogen) atoms. The first-order chi connectivity index (χ1) is 4.81. The van der Waals surface area contributed by atoms with Gasteiger partial charge in [-0.3, -0.25) is 0 Å². The average Bonchev–Trinajstić information content (AvgIpc) is 1.98. The van der Waals surface area contributed by atoms with Crippen molar-refractivity contribution in [3.05, 3.63) is 24.3 Å². The standard InChI is InChI=1S/C10H18/c1-4-6-7-8-9-10(3)5-2/h5,9H,2,4,6-8H2,1,3H3. The SMILES string of the molecule is C=CC(C)=CCCCCC. The summed E-state index contributed by atoms with van der Waals surface area (Å²) >= 11 is 0. The second kappa shape index (κ2) is 6.60. The highest BCUT2D eigenvalue weighted by Gasteiger charge is 1.82. The van der Waals surface area contributed by atoms with Crippen LogP contribution in [0.5, 0.6) is 0 Å². The van der Waals surface area contributed by atoms with E-state index in [0.717, 1.165) is 0 Å². The summed E-state index contributed by atoms with van der Waals surface area (Å²) in [7, 11) is 0. The molecule has 0 saturated carbocycles. The Morgan fingerprint density at radius 2 is 2.10 bits per heavy atom. The Morgan fingerprint density at radius 1 is 1.40 bits per heavy atom. The van der Waals surface area contributed by atoms with Gasteiger partial charge >= 0.3 is 0 Å². The smallest absolute Gasteiger partial charge is 0.0345 e. The highest BCUT2D eigenvalue weighted by molar-refractivity contribution is 5.12. The van der Waals surface area contributed by atoms with Crippen LogP contribution in [0.15, 0.2) is 24.3 Å². The Hall–Kier alpha value is -0.520. The van der Waals surface area contributed by atoms with Crippen molar-refractivity contribution < 1.29 is 0 Å². The lowest BCUT2D eigenvalue weighted by Gasteiger charge is -1.93. The van der Waals surface area contributed by atoms with E-state index in [2.05, 4.69) is 26.5 Å². The first-order valence-electron chi connectivity index (χ1n) is 4.10. The van der Waals surface area contributed by atoms with Crippen LogP contribution in [0.2, 0.25) is 0 Å². The topological polar surface area (TPSA) is 0 Å². The van der Waals surface area contributed by atoms with E-state index in [0.29, 0.717) is 0 Å². The Labute approximate surface area is 64.6 Å². The van der Waals surface area contributed by atoms with Gasteiger partial charge in [0.15, 0.2) is 0 Å². The maximum Gasteiger partial charge on any atom is -0.0345 e. The zero-order chi connectivity index (χ0) is 7.82. The first-order valence-corrected chi connectivity index (χ1v) is 4.10. The molecule has 0 N–H and O–H groups in total. The summed E-state index contributed by atoms with van der Waals surface area (Å²) < 4.78 is 0. The normalized spacial score (nSPS) is 11.6. The molecule has 0 heterocycles. The molecule has 0 rings (SSSR count). The van der Waals surface area contributed by atoms with E-state index >= 15 is 0 Å². The van der Waals surface area contributed by atoms with E-state index in [1.807, 2.05) is 6.08 Å². The minimum Gasteiger partial charge on any atom is -0.0988 e. The van der Waals surface area contributed by atoms with Crippen LogP contribution >= 0.6 is 0 Å². The van der Waals surface area contributed by atoms with Crippen molar-refractivity contribution in [1.82, 2.24) is 0 Å². The molecule has 0 aromatic heterocycles. The number of allylic oxidation sites excluding steroid dienone is 3. The first kappa shape index (κ1) is 9.48. The van der Waals surface area contributed by atoms with Crippen LogP contribution in [-0.2, 0) is 0 Å². The summed E-state index contributed by atoms with van der Waals surface area (Å²) in [4.78, 5) is 0. The molecule has 0 aromatic carbocycles. The molecule has 0 aliphatic heterocycles. The Kier molecular flexibility index (Phi) is 6.25. The molecule has 0 bridgehead atoms. The van der Waals surface area contributed by atoms with Gasteiger partial charge in [0, 0.05) is 0 Å². The van der Waals surface area contributed by atoms with Gasteiger partial charge in [0.25, 0.3) is 0 Å². The van der Waals surface area contributed by atoms with Crippen molar-refractivity contribution in [3.63, 3.8) is 0 Å². The van der Waals surface area contributed by atoms with Gasteiger partial charge in [-0.2, -0.15) is 0 Å². The summed E-state index contributed by atoms with van der Waals surface area (Å²) in [6.07, 6.45) is 9.35. The predicted molar refractivity (Wildman–Crippen MR) is 48.1 cm³/mol. The lowest BCUT2D eigenvalue weighted by atomic mass is 10.1. The third-order valence-electron chi connectivity index (χ3n) is 1.60. The van der Waals surface area contributed by atoms with Gasteiger partial charge in [0.2, 0.25) is 0 Å². The summed E-state index contributed by atoms with van der Waals surface area (Å²) in [5.74, 6) is 0. The quantitative estimate of drug-likeness (QED) is 0.401. The molecule has 0 radical (unpaired) electrons. The summed E-state index contributed by atoms with van der Waals surface area (Å²) in [6, 6.07) is 0. The summed E-state index contributed by atoms with van der Waals surface area (Å²) in [5.41, 5.74) is 1.30. The van der Waals surface area contributed by atoms with Crippen LogP contribution in [0, 0.1) is 0 Å².